The molecule has 0 aromatic heterocycles. The molecule has 2 bridgehead atoms. The zero-order chi connectivity index (χ0) is 24.2. The number of rotatable bonds is 6. The fraction of sp³-hybridized carbons (Fsp3) is 0.355. The number of likely N-dealkylation sites (tertiary alicyclic amines) is 1. The molecule has 0 N–H and O–H groups in total. The van der Waals surface area contributed by atoms with Crippen molar-refractivity contribution in [3.8, 4) is 0 Å². The summed E-state index contributed by atoms with van der Waals surface area (Å²) in [5.74, 6) is -0.0106. The van der Waals surface area contributed by atoms with Crippen molar-refractivity contribution in [1.29, 1.82) is 0 Å². The molecule has 0 saturated carbocycles. The second-order valence-corrected chi connectivity index (χ2v) is 10.1. The molecule has 0 spiro atoms. The van der Waals surface area contributed by atoms with Crippen molar-refractivity contribution in [1.82, 2.24) is 9.80 Å². The van der Waals surface area contributed by atoms with E-state index >= 15 is 0 Å². The first kappa shape index (κ1) is 23.3. The summed E-state index contributed by atoms with van der Waals surface area (Å²) in [6, 6.07) is 30.6. The lowest BCUT2D eigenvalue weighted by atomic mass is 9.86. The highest BCUT2D eigenvalue weighted by atomic mass is 16.2. The number of amides is 2. The van der Waals surface area contributed by atoms with Crippen molar-refractivity contribution in [2.75, 3.05) is 13.1 Å². The number of carbonyl (C=O) groups excluding carboxylic acids is 2. The molecule has 1 unspecified atom stereocenters. The van der Waals surface area contributed by atoms with Crippen LogP contribution in [0.3, 0.4) is 0 Å². The van der Waals surface area contributed by atoms with Gasteiger partial charge in [0, 0.05) is 31.1 Å². The molecule has 2 amide bonds. The van der Waals surface area contributed by atoms with Gasteiger partial charge in [-0.05, 0) is 42.4 Å². The van der Waals surface area contributed by atoms with Crippen LogP contribution in [0.25, 0.3) is 0 Å². The van der Waals surface area contributed by atoms with Gasteiger partial charge in [0.1, 0.15) is 0 Å². The van der Waals surface area contributed by atoms with E-state index in [1.165, 1.54) is 5.56 Å². The van der Waals surface area contributed by atoms with E-state index < -0.39 is 0 Å². The van der Waals surface area contributed by atoms with Gasteiger partial charge in [0.2, 0.25) is 11.8 Å². The van der Waals surface area contributed by atoms with Crippen molar-refractivity contribution < 1.29 is 9.59 Å². The van der Waals surface area contributed by atoms with Crippen molar-refractivity contribution in [3.63, 3.8) is 0 Å². The Kier molecular flexibility index (Phi) is 6.98. The van der Waals surface area contributed by atoms with Gasteiger partial charge >= 0.3 is 0 Å². The van der Waals surface area contributed by atoms with Gasteiger partial charge in [-0.25, -0.2) is 0 Å². The van der Waals surface area contributed by atoms with Gasteiger partial charge < -0.3 is 9.80 Å². The molecule has 180 valence electrons. The molecule has 2 aliphatic rings. The fourth-order valence-corrected chi connectivity index (χ4v) is 5.91. The Hall–Kier alpha value is -3.40. The molecule has 2 heterocycles. The molecule has 2 aliphatic heterocycles. The summed E-state index contributed by atoms with van der Waals surface area (Å²) in [4.78, 5) is 31.8. The molecule has 3 atom stereocenters. The Morgan fingerprint density at radius 2 is 1.23 bits per heavy atom. The molecular weight excluding hydrogens is 432 g/mol. The van der Waals surface area contributed by atoms with E-state index in [2.05, 4.69) is 17.0 Å². The lowest BCUT2D eigenvalue weighted by molar-refractivity contribution is -0.153. The summed E-state index contributed by atoms with van der Waals surface area (Å²) in [6.07, 6.45) is 3.80. The number of hydrogen-bond donors (Lipinski definition) is 0. The van der Waals surface area contributed by atoms with E-state index in [-0.39, 0.29) is 35.7 Å². The predicted octanol–water partition coefficient (Wildman–Crippen LogP) is 5.29. The predicted molar refractivity (Wildman–Crippen MR) is 139 cm³/mol. The number of piperazine rings is 1. The Balaban J connectivity index is 1.35. The Labute approximate surface area is 208 Å². The summed E-state index contributed by atoms with van der Waals surface area (Å²) in [7, 11) is 0. The van der Waals surface area contributed by atoms with Crippen LogP contribution in [0.1, 0.15) is 48.8 Å². The fourth-order valence-electron chi connectivity index (χ4n) is 5.91. The maximum Gasteiger partial charge on any atom is 0.234 e. The largest absolute Gasteiger partial charge is 0.338 e. The quantitative estimate of drug-likeness (QED) is 0.495. The first-order valence-corrected chi connectivity index (χ1v) is 12.9. The third-order valence-corrected chi connectivity index (χ3v) is 7.61. The van der Waals surface area contributed by atoms with Gasteiger partial charge in [-0.2, -0.15) is 0 Å². The maximum absolute atomic E-state index is 14.0. The van der Waals surface area contributed by atoms with E-state index in [9.17, 15) is 9.59 Å². The van der Waals surface area contributed by atoms with Crippen molar-refractivity contribution in [2.24, 2.45) is 5.92 Å². The zero-order valence-corrected chi connectivity index (χ0v) is 20.4. The standard InChI is InChI=1S/C31H34N2O2/c1-23(20-24-12-5-2-6-13-24)30(34)33-27-18-11-19-28(33)22-32(21-27)31(35)29(25-14-7-3-8-15-25)26-16-9-4-10-17-26/h2-10,12-17,23,27-29H,11,18-22H2,1H3/t23?,27-,28+. The third kappa shape index (κ3) is 5.02. The van der Waals surface area contributed by atoms with Crippen LogP contribution in [-0.4, -0.2) is 46.8 Å². The van der Waals surface area contributed by atoms with Crippen LogP contribution in [0, 0.1) is 5.92 Å². The number of piperidine rings is 1. The van der Waals surface area contributed by atoms with Crippen molar-refractivity contribution >= 4 is 11.8 Å². The smallest absolute Gasteiger partial charge is 0.234 e. The first-order chi connectivity index (χ1) is 17.1. The average molecular weight is 467 g/mol. The monoisotopic (exact) mass is 466 g/mol. The van der Waals surface area contributed by atoms with E-state index in [0.29, 0.717) is 13.1 Å². The van der Waals surface area contributed by atoms with Crippen LogP contribution in [0.4, 0.5) is 0 Å². The Morgan fingerprint density at radius 1 is 0.743 bits per heavy atom. The molecular formula is C31H34N2O2. The molecule has 3 aromatic rings. The highest BCUT2D eigenvalue weighted by molar-refractivity contribution is 5.88. The molecule has 4 heteroatoms. The minimum atomic E-state index is -0.322. The molecule has 0 aliphatic carbocycles. The van der Waals surface area contributed by atoms with Crippen molar-refractivity contribution in [3.05, 3.63) is 108 Å². The van der Waals surface area contributed by atoms with Crippen LogP contribution >= 0.6 is 0 Å². The minimum Gasteiger partial charge on any atom is -0.338 e. The molecule has 4 nitrogen and oxygen atoms in total. The van der Waals surface area contributed by atoms with E-state index in [1.54, 1.807) is 0 Å². The normalized spacial score (nSPS) is 20.5. The van der Waals surface area contributed by atoms with E-state index in [1.807, 2.05) is 90.7 Å². The molecule has 3 aromatic carbocycles. The van der Waals surface area contributed by atoms with Crippen LogP contribution in [0.15, 0.2) is 91.0 Å². The van der Waals surface area contributed by atoms with Crippen LogP contribution in [-0.2, 0) is 16.0 Å². The lowest BCUT2D eigenvalue weighted by Crippen LogP contribution is -2.64. The molecule has 5 rings (SSSR count). The van der Waals surface area contributed by atoms with Gasteiger partial charge in [0.25, 0.3) is 0 Å². The number of hydrogen-bond acceptors (Lipinski definition) is 2. The minimum absolute atomic E-state index is 0.0656. The van der Waals surface area contributed by atoms with Gasteiger partial charge in [-0.3, -0.25) is 9.59 Å². The van der Waals surface area contributed by atoms with Crippen LogP contribution in [0.2, 0.25) is 0 Å². The Morgan fingerprint density at radius 3 is 1.74 bits per heavy atom. The third-order valence-electron chi connectivity index (χ3n) is 7.61. The lowest BCUT2D eigenvalue weighted by Gasteiger charge is -2.51. The number of fused-ring (bicyclic) bond motifs is 2. The summed E-state index contributed by atoms with van der Waals surface area (Å²) < 4.78 is 0. The summed E-state index contributed by atoms with van der Waals surface area (Å²) in [6.45, 7) is 3.29. The highest BCUT2D eigenvalue weighted by Gasteiger charge is 2.43. The second kappa shape index (κ2) is 10.5. The summed E-state index contributed by atoms with van der Waals surface area (Å²) in [5.41, 5.74) is 3.23. The first-order valence-electron chi connectivity index (χ1n) is 12.9. The summed E-state index contributed by atoms with van der Waals surface area (Å²) in [5, 5.41) is 0. The summed E-state index contributed by atoms with van der Waals surface area (Å²) >= 11 is 0. The number of carbonyl (C=O) groups is 2. The van der Waals surface area contributed by atoms with Crippen molar-refractivity contribution in [2.45, 2.75) is 50.6 Å². The highest BCUT2D eigenvalue weighted by Crippen LogP contribution is 2.34. The maximum atomic E-state index is 14.0. The van der Waals surface area contributed by atoms with Gasteiger partial charge in [0.05, 0.1) is 5.92 Å². The van der Waals surface area contributed by atoms with Gasteiger partial charge in [-0.1, -0.05) is 97.9 Å². The molecule has 2 fully saturated rings. The van der Waals surface area contributed by atoms with Crippen LogP contribution < -0.4 is 0 Å². The average Bonchev–Trinajstić information content (AvgIpc) is 2.89. The molecule has 35 heavy (non-hydrogen) atoms. The SMILES string of the molecule is CC(Cc1ccccc1)C(=O)N1[C@@H]2CCC[C@H]1CN(C(=O)C(c1ccccc1)c1ccccc1)C2. The number of nitrogens with zero attached hydrogens (tertiary/aromatic N) is 2. The zero-order valence-electron chi connectivity index (χ0n) is 20.4. The topological polar surface area (TPSA) is 40.6 Å². The second-order valence-electron chi connectivity index (χ2n) is 10.1. The Bertz CT molecular complexity index is 1080. The van der Waals surface area contributed by atoms with E-state index in [0.717, 1.165) is 36.8 Å². The van der Waals surface area contributed by atoms with Gasteiger partial charge in [0.15, 0.2) is 0 Å². The van der Waals surface area contributed by atoms with Crippen LogP contribution in [0.5, 0.6) is 0 Å². The van der Waals surface area contributed by atoms with Gasteiger partial charge in [-0.15, -0.1) is 0 Å². The molecule has 0 radical (unpaired) electrons. The molecule has 2 saturated heterocycles. The number of benzene rings is 3. The van der Waals surface area contributed by atoms with E-state index in [4.69, 9.17) is 0 Å².